The molecule has 0 heterocycles. The fourth-order valence-electron chi connectivity index (χ4n) is 2.37. The maximum atomic E-state index is 12.5. The maximum absolute atomic E-state index is 12.5. The first-order chi connectivity index (χ1) is 12.4. The molecule has 0 spiro atoms. The third kappa shape index (κ3) is 5.23. The SMILES string of the molecule is CCOC(=O)c1cc(NC(=O)C(CC)Oc2cccc(C)c2)ccc1Cl. The van der Waals surface area contributed by atoms with E-state index in [2.05, 4.69) is 5.32 Å². The molecule has 6 heteroatoms. The minimum absolute atomic E-state index is 0.207. The van der Waals surface area contributed by atoms with Crippen LogP contribution in [-0.4, -0.2) is 24.6 Å². The number of carbonyl (C=O) groups excluding carboxylic acids is 2. The van der Waals surface area contributed by atoms with E-state index < -0.39 is 12.1 Å². The van der Waals surface area contributed by atoms with Gasteiger partial charge in [-0.3, -0.25) is 4.79 Å². The molecule has 0 radical (unpaired) electrons. The van der Waals surface area contributed by atoms with E-state index in [0.717, 1.165) is 5.56 Å². The van der Waals surface area contributed by atoms with E-state index in [4.69, 9.17) is 21.1 Å². The van der Waals surface area contributed by atoms with Gasteiger partial charge in [0, 0.05) is 5.69 Å². The van der Waals surface area contributed by atoms with Crippen LogP contribution < -0.4 is 10.1 Å². The van der Waals surface area contributed by atoms with Crippen molar-refractivity contribution in [2.45, 2.75) is 33.3 Å². The Morgan fingerprint density at radius 1 is 1.15 bits per heavy atom. The van der Waals surface area contributed by atoms with E-state index in [-0.39, 0.29) is 23.1 Å². The van der Waals surface area contributed by atoms with Crippen LogP contribution in [0.3, 0.4) is 0 Å². The van der Waals surface area contributed by atoms with Crippen LogP contribution in [0.15, 0.2) is 42.5 Å². The zero-order chi connectivity index (χ0) is 19.1. The molecule has 0 aliphatic carbocycles. The minimum atomic E-state index is -0.654. The number of ether oxygens (including phenoxy) is 2. The second-order valence-corrected chi connectivity index (χ2v) is 6.14. The van der Waals surface area contributed by atoms with Gasteiger partial charge in [0.05, 0.1) is 17.2 Å². The zero-order valence-corrected chi connectivity index (χ0v) is 15.8. The Morgan fingerprint density at radius 3 is 2.58 bits per heavy atom. The van der Waals surface area contributed by atoms with E-state index in [9.17, 15) is 9.59 Å². The van der Waals surface area contributed by atoms with Crippen LogP contribution in [0.25, 0.3) is 0 Å². The number of esters is 1. The van der Waals surface area contributed by atoms with Gasteiger partial charge in [-0.25, -0.2) is 4.79 Å². The standard InChI is InChI=1S/C20H22ClNO4/c1-4-18(26-15-8-6-7-13(3)11-15)19(23)22-14-9-10-17(21)16(12-14)20(24)25-5-2/h6-12,18H,4-5H2,1-3H3,(H,22,23). The third-order valence-corrected chi connectivity index (χ3v) is 3.99. The molecule has 26 heavy (non-hydrogen) atoms. The molecule has 0 bridgehead atoms. The Morgan fingerprint density at radius 2 is 1.92 bits per heavy atom. The van der Waals surface area contributed by atoms with Crippen LogP contribution in [0.5, 0.6) is 5.75 Å². The van der Waals surface area contributed by atoms with Crippen LogP contribution >= 0.6 is 11.6 Å². The highest BCUT2D eigenvalue weighted by atomic mass is 35.5. The second kappa shape index (κ2) is 9.25. The number of nitrogens with one attached hydrogen (secondary N) is 1. The number of carbonyl (C=O) groups is 2. The molecule has 0 aliphatic rings. The molecule has 5 nitrogen and oxygen atoms in total. The molecule has 2 aromatic rings. The van der Waals surface area contributed by atoms with Gasteiger partial charge in [-0.1, -0.05) is 30.7 Å². The summed E-state index contributed by atoms with van der Waals surface area (Å²) in [6.45, 7) is 5.78. The van der Waals surface area contributed by atoms with Gasteiger partial charge >= 0.3 is 5.97 Å². The summed E-state index contributed by atoms with van der Waals surface area (Å²) in [5, 5.41) is 3.03. The Kier molecular flexibility index (Phi) is 7.04. The molecule has 0 saturated heterocycles. The lowest BCUT2D eigenvalue weighted by molar-refractivity contribution is -0.122. The van der Waals surface area contributed by atoms with Crippen molar-refractivity contribution in [3.05, 3.63) is 58.6 Å². The summed E-state index contributed by atoms with van der Waals surface area (Å²) in [7, 11) is 0. The van der Waals surface area contributed by atoms with Crippen LogP contribution in [0.4, 0.5) is 5.69 Å². The topological polar surface area (TPSA) is 64.6 Å². The maximum Gasteiger partial charge on any atom is 0.339 e. The van der Waals surface area contributed by atoms with Crippen molar-refractivity contribution in [3.63, 3.8) is 0 Å². The molecular formula is C20H22ClNO4. The lowest BCUT2D eigenvalue weighted by Crippen LogP contribution is -2.32. The fourth-order valence-corrected chi connectivity index (χ4v) is 2.56. The number of hydrogen-bond donors (Lipinski definition) is 1. The first kappa shape index (κ1) is 19.8. The highest BCUT2D eigenvalue weighted by molar-refractivity contribution is 6.33. The van der Waals surface area contributed by atoms with Crippen molar-refractivity contribution in [3.8, 4) is 5.75 Å². The molecule has 1 amide bonds. The highest BCUT2D eigenvalue weighted by Crippen LogP contribution is 2.22. The summed E-state index contributed by atoms with van der Waals surface area (Å²) in [6.07, 6.45) is -0.156. The zero-order valence-electron chi connectivity index (χ0n) is 15.0. The summed E-state index contributed by atoms with van der Waals surface area (Å²) in [4.78, 5) is 24.5. The van der Waals surface area contributed by atoms with Gasteiger partial charge in [-0.05, 0) is 56.2 Å². The third-order valence-electron chi connectivity index (χ3n) is 3.66. The van der Waals surface area contributed by atoms with Crippen molar-refractivity contribution < 1.29 is 19.1 Å². The smallest absolute Gasteiger partial charge is 0.339 e. The molecular weight excluding hydrogens is 354 g/mol. The van der Waals surface area contributed by atoms with E-state index in [1.807, 2.05) is 38.1 Å². The quantitative estimate of drug-likeness (QED) is 0.717. The van der Waals surface area contributed by atoms with Crippen LogP contribution in [0.2, 0.25) is 5.02 Å². The van der Waals surface area contributed by atoms with Crippen LogP contribution in [-0.2, 0) is 9.53 Å². The Labute approximate surface area is 158 Å². The molecule has 0 aromatic heterocycles. The molecule has 1 atom stereocenters. The summed E-state index contributed by atoms with van der Waals surface area (Å²) in [5.74, 6) is -0.196. The van der Waals surface area contributed by atoms with Crippen LogP contribution in [0, 0.1) is 6.92 Å². The van der Waals surface area contributed by atoms with E-state index >= 15 is 0 Å². The molecule has 0 saturated carbocycles. The minimum Gasteiger partial charge on any atom is -0.481 e. The van der Waals surface area contributed by atoms with Crippen LogP contribution in [0.1, 0.15) is 36.2 Å². The lowest BCUT2D eigenvalue weighted by atomic mass is 10.2. The van der Waals surface area contributed by atoms with Gasteiger partial charge in [0.2, 0.25) is 0 Å². The highest BCUT2D eigenvalue weighted by Gasteiger charge is 2.20. The number of aryl methyl sites for hydroxylation is 1. The number of anilines is 1. The number of rotatable bonds is 7. The average molecular weight is 376 g/mol. The molecule has 1 unspecified atom stereocenters. The monoisotopic (exact) mass is 375 g/mol. The Bertz CT molecular complexity index is 791. The molecule has 0 fully saturated rings. The predicted octanol–water partition coefficient (Wildman–Crippen LogP) is 4.62. The first-order valence-corrected chi connectivity index (χ1v) is 8.83. The normalized spacial score (nSPS) is 11.5. The van der Waals surface area contributed by atoms with Gasteiger partial charge in [0.15, 0.2) is 6.10 Å². The van der Waals surface area contributed by atoms with Crippen molar-refractivity contribution in [2.75, 3.05) is 11.9 Å². The predicted molar refractivity (Wildman–Crippen MR) is 102 cm³/mol. The first-order valence-electron chi connectivity index (χ1n) is 8.45. The molecule has 2 rings (SSSR count). The lowest BCUT2D eigenvalue weighted by Gasteiger charge is -2.18. The van der Waals surface area contributed by atoms with E-state index in [0.29, 0.717) is 17.9 Å². The molecule has 0 aliphatic heterocycles. The summed E-state index contributed by atoms with van der Waals surface area (Å²) in [6, 6.07) is 12.2. The molecule has 1 N–H and O–H groups in total. The Hall–Kier alpha value is -2.53. The Balaban J connectivity index is 2.12. The van der Waals surface area contributed by atoms with Gasteiger partial charge in [-0.2, -0.15) is 0 Å². The van der Waals surface area contributed by atoms with E-state index in [1.165, 1.54) is 6.07 Å². The summed E-state index contributed by atoms with van der Waals surface area (Å²) in [5.41, 5.74) is 1.71. The van der Waals surface area contributed by atoms with Gasteiger partial charge in [-0.15, -0.1) is 0 Å². The van der Waals surface area contributed by atoms with Crippen molar-refractivity contribution in [2.24, 2.45) is 0 Å². The number of halogens is 1. The summed E-state index contributed by atoms with van der Waals surface area (Å²) >= 11 is 6.04. The van der Waals surface area contributed by atoms with Crippen molar-refractivity contribution in [1.82, 2.24) is 0 Å². The largest absolute Gasteiger partial charge is 0.481 e. The fraction of sp³-hybridized carbons (Fsp3) is 0.300. The molecule has 138 valence electrons. The number of benzene rings is 2. The average Bonchev–Trinajstić information content (AvgIpc) is 2.61. The second-order valence-electron chi connectivity index (χ2n) is 5.74. The van der Waals surface area contributed by atoms with Gasteiger partial charge in [0.25, 0.3) is 5.91 Å². The van der Waals surface area contributed by atoms with Crippen molar-refractivity contribution >= 4 is 29.2 Å². The van der Waals surface area contributed by atoms with Gasteiger partial charge in [0.1, 0.15) is 5.75 Å². The van der Waals surface area contributed by atoms with Crippen molar-refractivity contribution in [1.29, 1.82) is 0 Å². The summed E-state index contributed by atoms with van der Waals surface area (Å²) < 4.78 is 10.8. The number of hydrogen-bond acceptors (Lipinski definition) is 4. The number of amides is 1. The van der Waals surface area contributed by atoms with E-state index in [1.54, 1.807) is 19.1 Å². The molecule has 2 aromatic carbocycles. The van der Waals surface area contributed by atoms with Gasteiger partial charge < -0.3 is 14.8 Å².